The average Bonchev–Trinajstić information content (AvgIpc) is 3.41. The first-order valence-electron chi connectivity index (χ1n) is 11.2. The minimum absolute atomic E-state index is 0.0846. The van der Waals surface area contributed by atoms with Crippen LogP contribution in [0.25, 0.3) is 0 Å². The van der Waals surface area contributed by atoms with Crippen molar-refractivity contribution in [1.29, 1.82) is 0 Å². The van der Waals surface area contributed by atoms with Crippen LogP contribution < -0.4 is 0 Å². The number of carbonyl (C=O) groups is 3. The summed E-state index contributed by atoms with van der Waals surface area (Å²) in [4.78, 5) is 41.4. The Morgan fingerprint density at radius 1 is 1.12 bits per heavy atom. The third kappa shape index (κ3) is 4.80. The summed E-state index contributed by atoms with van der Waals surface area (Å²) in [5.41, 5.74) is 2.25. The van der Waals surface area contributed by atoms with Gasteiger partial charge in [-0.2, -0.15) is 0 Å². The zero-order chi connectivity index (χ0) is 25.0. The van der Waals surface area contributed by atoms with Crippen molar-refractivity contribution in [3.8, 4) is 0 Å². The molecule has 2 heterocycles. The zero-order valence-corrected chi connectivity index (χ0v) is 20.8. The maximum atomic E-state index is 13.8. The van der Waals surface area contributed by atoms with Crippen molar-refractivity contribution in [1.82, 2.24) is 9.47 Å². The molecule has 0 saturated carbocycles. The lowest BCUT2D eigenvalue weighted by Crippen LogP contribution is -2.43. The predicted molar refractivity (Wildman–Crippen MR) is 129 cm³/mol. The Bertz CT molecular complexity index is 1200. The molecule has 0 aliphatic rings. The van der Waals surface area contributed by atoms with E-state index in [-0.39, 0.29) is 18.9 Å². The number of esters is 1. The molecule has 34 heavy (non-hydrogen) atoms. The predicted octanol–water partition coefficient (Wildman–Crippen LogP) is 5.46. The minimum Gasteiger partial charge on any atom is -0.467 e. The van der Waals surface area contributed by atoms with Gasteiger partial charge in [0.2, 0.25) is 0 Å². The van der Waals surface area contributed by atoms with Gasteiger partial charge in [0.1, 0.15) is 11.5 Å². The molecule has 3 aromatic rings. The lowest BCUT2D eigenvalue weighted by Gasteiger charge is -2.28. The summed E-state index contributed by atoms with van der Waals surface area (Å²) in [5, 5.41) is 0.297. The number of benzene rings is 1. The maximum Gasteiger partial charge on any atom is 0.355 e. The third-order valence-electron chi connectivity index (χ3n) is 5.92. The topological polar surface area (TPSA) is 81.8 Å². The monoisotopic (exact) mass is 484 g/mol. The Morgan fingerprint density at radius 2 is 1.82 bits per heavy atom. The molecule has 0 aliphatic carbocycles. The average molecular weight is 485 g/mol. The Morgan fingerprint density at radius 3 is 2.41 bits per heavy atom. The molecule has 0 spiro atoms. The summed E-state index contributed by atoms with van der Waals surface area (Å²) < 4.78 is 12.5. The SMILES string of the molecule is CCOC(=O)c1c(C)c(C(=O)[C@@H](C)N(Cc2ccco2)C(=O)c2ccccc2Cl)c(C)n1CC. The second-order valence-electron chi connectivity index (χ2n) is 7.93. The van der Waals surface area contributed by atoms with Crippen molar-refractivity contribution in [2.45, 2.75) is 53.8 Å². The second kappa shape index (κ2) is 10.7. The molecule has 0 N–H and O–H groups in total. The molecule has 0 fully saturated rings. The van der Waals surface area contributed by atoms with Crippen LogP contribution in [-0.2, 0) is 17.8 Å². The van der Waals surface area contributed by atoms with Gasteiger partial charge in [-0.3, -0.25) is 9.59 Å². The van der Waals surface area contributed by atoms with Crippen LogP contribution in [0.15, 0.2) is 47.1 Å². The second-order valence-corrected chi connectivity index (χ2v) is 8.34. The number of halogens is 1. The first kappa shape index (κ1) is 25.3. The minimum atomic E-state index is -0.853. The molecule has 180 valence electrons. The van der Waals surface area contributed by atoms with Gasteiger partial charge in [-0.05, 0) is 64.4 Å². The summed E-state index contributed by atoms with van der Waals surface area (Å²) in [5.74, 6) is -0.610. The third-order valence-corrected chi connectivity index (χ3v) is 6.25. The lowest BCUT2D eigenvalue weighted by atomic mass is 9.99. The molecule has 3 rings (SSSR count). The van der Waals surface area contributed by atoms with Gasteiger partial charge in [0.05, 0.1) is 36.0 Å². The smallest absolute Gasteiger partial charge is 0.355 e. The number of carbonyl (C=O) groups excluding carboxylic acids is 3. The summed E-state index contributed by atoms with van der Waals surface area (Å²) in [6, 6.07) is 9.33. The van der Waals surface area contributed by atoms with Crippen LogP contribution in [0.1, 0.15) is 69.0 Å². The van der Waals surface area contributed by atoms with E-state index in [0.29, 0.717) is 45.4 Å². The van der Waals surface area contributed by atoms with E-state index in [1.807, 2.05) is 6.92 Å². The fourth-order valence-corrected chi connectivity index (χ4v) is 4.43. The normalized spacial score (nSPS) is 11.8. The van der Waals surface area contributed by atoms with Crippen LogP contribution >= 0.6 is 11.6 Å². The molecule has 8 heteroatoms. The summed E-state index contributed by atoms with van der Waals surface area (Å²) >= 11 is 6.29. The highest BCUT2D eigenvalue weighted by Crippen LogP contribution is 2.27. The highest BCUT2D eigenvalue weighted by atomic mass is 35.5. The number of hydrogen-bond donors (Lipinski definition) is 0. The standard InChI is InChI=1S/C26H29ClN2O5/c1-6-28-17(4)22(16(3)23(28)26(32)33-7-2)24(30)18(5)29(15-19-11-10-14-34-19)25(31)20-12-8-9-13-21(20)27/h8-14,18H,6-7,15H2,1-5H3/t18-/m1/s1. The number of furan rings is 1. The summed E-state index contributed by atoms with van der Waals surface area (Å²) in [7, 11) is 0. The highest BCUT2D eigenvalue weighted by molar-refractivity contribution is 6.33. The lowest BCUT2D eigenvalue weighted by molar-refractivity contribution is 0.0512. The van der Waals surface area contributed by atoms with Gasteiger partial charge in [-0.15, -0.1) is 0 Å². The van der Waals surface area contributed by atoms with E-state index in [9.17, 15) is 14.4 Å². The first-order chi connectivity index (χ1) is 16.2. The summed E-state index contributed by atoms with van der Waals surface area (Å²) in [6.45, 7) is 9.65. The van der Waals surface area contributed by atoms with Crippen molar-refractivity contribution in [3.05, 3.63) is 81.5 Å². The molecule has 7 nitrogen and oxygen atoms in total. The van der Waals surface area contributed by atoms with Crippen molar-refractivity contribution >= 4 is 29.3 Å². The Kier molecular flexibility index (Phi) is 7.99. The molecule has 0 bridgehead atoms. The fourth-order valence-electron chi connectivity index (χ4n) is 4.21. The number of ketones is 1. The molecule has 0 unspecified atom stereocenters. The molecular formula is C26H29ClN2O5. The Balaban J connectivity index is 2.05. The maximum absolute atomic E-state index is 13.8. The Labute approximate surface area is 204 Å². The van der Waals surface area contributed by atoms with E-state index in [1.54, 1.807) is 68.7 Å². The van der Waals surface area contributed by atoms with E-state index < -0.39 is 17.9 Å². The number of rotatable bonds is 9. The van der Waals surface area contributed by atoms with Gasteiger partial charge in [0.15, 0.2) is 5.78 Å². The van der Waals surface area contributed by atoms with Crippen LogP contribution in [0, 0.1) is 13.8 Å². The van der Waals surface area contributed by atoms with E-state index in [1.165, 1.54) is 11.2 Å². The van der Waals surface area contributed by atoms with E-state index >= 15 is 0 Å². The zero-order valence-electron chi connectivity index (χ0n) is 20.1. The van der Waals surface area contributed by atoms with Crippen molar-refractivity contribution < 1.29 is 23.5 Å². The number of hydrogen-bond acceptors (Lipinski definition) is 5. The van der Waals surface area contributed by atoms with Crippen LogP contribution in [0.3, 0.4) is 0 Å². The molecule has 1 aromatic carbocycles. The quantitative estimate of drug-likeness (QED) is 0.297. The molecule has 0 radical (unpaired) electrons. The molecule has 0 saturated heterocycles. The molecule has 1 atom stereocenters. The van der Waals surface area contributed by atoms with E-state index in [0.717, 1.165) is 0 Å². The molecular weight excluding hydrogens is 456 g/mol. The van der Waals surface area contributed by atoms with Crippen molar-refractivity contribution in [2.75, 3.05) is 6.61 Å². The largest absolute Gasteiger partial charge is 0.467 e. The van der Waals surface area contributed by atoms with Gasteiger partial charge in [0, 0.05) is 17.8 Å². The number of aromatic nitrogens is 1. The van der Waals surface area contributed by atoms with Gasteiger partial charge in [0.25, 0.3) is 5.91 Å². The number of amides is 1. The van der Waals surface area contributed by atoms with Gasteiger partial charge in [-0.25, -0.2) is 4.79 Å². The summed E-state index contributed by atoms with van der Waals surface area (Å²) in [6.07, 6.45) is 1.52. The van der Waals surface area contributed by atoms with Gasteiger partial charge >= 0.3 is 5.97 Å². The van der Waals surface area contributed by atoms with E-state index in [4.69, 9.17) is 20.8 Å². The molecule has 0 aliphatic heterocycles. The fraction of sp³-hybridized carbons (Fsp3) is 0.346. The van der Waals surface area contributed by atoms with Crippen LogP contribution in [0.5, 0.6) is 0 Å². The van der Waals surface area contributed by atoms with E-state index in [2.05, 4.69) is 0 Å². The van der Waals surface area contributed by atoms with Gasteiger partial charge < -0.3 is 18.6 Å². The number of ether oxygens (including phenoxy) is 1. The van der Waals surface area contributed by atoms with Crippen molar-refractivity contribution in [3.63, 3.8) is 0 Å². The first-order valence-corrected chi connectivity index (χ1v) is 11.6. The van der Waals surface area contributed by atoms with Crippen LogP contribution in [0.4, 0.5) is 0 Å². The van der Waals surface area contributed by atoms with Gasteiger partial charge in [-0.1, -0.05) is 23.7 Å². The Hall–Kier alpha value is -3.32. The van der Waals surface area contributed by atoms with Crippen LogP contribution in [0.2, 0.25) is 5.02 Å². The molecule has 2 aromatic heterocycles. The molecule has 1 amide bonds. The number of Topliss-reactive ketones (excluding diaryl/α,β-unsaturated/α-hetero) is 1. The van der Waals surface area contributed by atoms with Crippen LogP contribution in [-0.4, -0.2) is 39.8 Å². The van der Waals surface area contributed by atoms with Crippen molar-refractivity contribution in [2.24, 2.45) is 0 Å². The number of nitrogens with zero attached hydrogens (tertiary/aromatic N) is 2. The highest BCUT2D eigenvalue weighted by Gasteiger charge is 2.34.